The summed E-state index contributed by atoms with van der Waals surface area (Å²) in [6.45, 7) is 0. The maximum Gasteiger partial charge on any atom is 0.339 e. The number of carbonyl (C=O) groups is 1. The Hall–Kier alpha value is -0.600. The first-order chi connectivity index (χ1) is 6.32. The first-order valence-corrected chi connectivity index (χ1v) is 4.80. The molecule has 0 aliphatic rings. The molecule has 0 saturated carbocycles. The van der Waals surface area contributed by atoms with E-state index in [-0.39, 0.29) is 29.6 Å². The summed E-state index contributed by atoms with van der Waals surface area (Å²) < 4.78 is 29.8. The Morgan fingerprint density at radius 2 is 1.80 bits per heavy atom. The van der Waals surface area contributed by atoms with Gasteiger partial charge in [0.2, 0.25) is 0 Å². The topological polar surface area (TPSA) is 112 Å². The van der Waals surface area contributed by atoms with Crippen molar-refractivity contribution in [1.29, 1.82) is 0 Å². The minimum absolute atomic E-state index is 0. The van der Waals surface area contributed by atoms with Gasteiger partial charge in [-0.25, -0.2) is 4.79 Å². The molecule has 1 aromatic carbocycles. The normalized spacial score (nSPS) is 10.5. The average molecular weight is 241 g/mol. The average Bonchev–Trinajstić information content (AvgIpc) is 2.02. The van der Waals surface area contributed by atoms with Crippen LogP contribution in [0.4, 0.5) is 0 Å². The molecule has 0 spiro atoms. The van der Waals surface area contributed by atoms with E-state index in [9.17, 15) is 13.2 Å². The van der Waals surface area contributed by atoms with Gasteiger partial charge in [0.05, 0.1) is 4.90 Å². The number of phenols is 1. The molecule has 0 aromatic heterocycles. The molecule has 3 N–H and O–H groups in total. The van der Waals surface area contributed by atoms with Crippen LogP contribution in [0.2, 0.25) is 0 Å². The molecule has 1 aromatic rings. The number of carboxylic acids is 1. The fourth-order valence-corrected chi connectivity index (χ4v) is 1.35. The SMILES string of the molecule is O=C(O)c1cc(S(=O)(=O)O)ccc1O.[Na]. The number of rotatable bonds is 2. The van der Waals surface area contributed by atoms with Crippen LogP contribution in [0.15, 0.2) is 23.1 Å². The number of hydrogen-bond acceptors (Lipinski definition) is 4. The van der Waals surface area contributed by atoms with E-state index in [1.54, 1.807) is 0 Å². The molecule has 0 saturated heterocycles. The van der Waals surface area contributed by atoms with Crippen LogP contribution in [0, 0.1) is 0 Å². The first-order valence-electron chi connectivity index (χ1n) is 3.36. The van der Waals surface area contributed by atoms with Crippen molar-refractivity contribution in [2.45, 2.75) is 4.90 Å². The van der Waals surface area contributed by atoms with Gasteiger partial charge in [-0.1, -0.05) is 0 Å². The second-order valence-electron chi connectivity index (χ2n) is 2.46. The number of hydrogen-bond donors (Lipinski definition) is 3. The fourth-order valence-electron chi connectivity index (χ4n) is 0.847. The predicted molar refractivity (Wildman–Crippen MR) is 50.6 cm³/mol. The Labute approximate surface area is 108 Å². The van der Waals surface area contributed by atoms with Crippen LogP contribution in [0.25, 0.3) is 0 Å². The third kappa shape index (κ3) is 3.47. The van der Waals surface area contributed by atoms with Crippen LogP contribution in [0.5, 0.6) is 5.75 Å². The van der Waals surface area contributed by atoms with Crippen molar-refractivity contribution < 1.29 is 28.0 Å². The van der Waals surface area contributed by atoms with Gasteiger partial charge in [-0.15, -0.1) is 0 Å². The second kappa shape index (κ2) is 4.95. The third-order valence-electron chi connectivity index (χ3n) is 1.50. The maximum atomic E-state index is 10.6. The van der Waals surface area contributed by atoms with E-state index < -0.39 is 32.3 Å². The predicted octanol–water partition coefficient (Wildman–Crippen LogP) is -0.0437. The molecule has 0 heterocycles. The molecule has 0 aliphatic carbocycles. The maximum absolute atomic E-state index is 10.6. The van der Waals surface area contributed by atoms with Gasteiger partial charge < -0.3 is 10.2 Å². The van der Waals surface area contributed by atoms with E-state index in [4.69, 9.17) is 14.8 Å². The van der Waals surface area contributed by atoms with Crippen LogP contribution in [-0.2, 0) is 10.1 Å². The first kappa shape index (κ1) is 14.4. The number of carboxylic acid groups (broad SMARTS) is 1. The van der Waals surface area contributed by atoms with E-state index in [2.05, 4.69) is 0 Å². The molecular formula is C7H6NaO6S. The molecular weight excluding hydrogens is 235 g/mol. The summed E-state index contributed by atoms with van der Waals surface area (Å²) in [7, 11) is -4.45. The van der Waals surface area contributed by atoms with Crippen molar-refractivity contribution in [2.75, 3.05) is 0 Å². The van der Waals surface area contributed by atoms with Gasteiger partial charge in [0.25, 0.3) is 10.1 Å². The summed E-state index contributed by atoms with van der Waals surface area (Å²) in [4.78, 5) is 9.89. The van der Waals surface area contributed by atoms with Crippen molar-refractivity contribution in [2.24, 2.45) is 0 Å². The van der Waals surface area contributed by atoms with E-state index in [1.165, 1.54) is 0 Å². The summed E-state index contributed by atoms with van der Waals surface area (Å²) in [5, 5.41) is 17.5. The molecule has 0 unspecified atom stereocenters. The van der Waals surface area contributed by atoms with Gasteiger partial charge in [0, 0.05) is 29.6 Å². The molecule has 77 valence electrons. The Morgan fingerprint density at radius 3 is 2.20 bits per heavy atom. The van der Waals surface area contributed by atoms with Crippen LogP contribution in [0.1, 0.15) is 10.4 Å². The van der Waals surface area contributed by atoms with Gasteiger partial charge in [-0.3, -0.25) is 4.55 Å². The van der Waals surface area contributed by atoms with Crippen LogP contribution < -0.4 is 0 Å². The molecule has 6 nitrogen and oxygen atoms in total. The van der Waals surface area contributed by atoms with Crippen LogP contribution in [0.3, 0.4) is 0 Å². The Kier molecular flexibility index (Phi) is 4.75. The van der Waals surface area contributed by atoms with E-state index >= 15 is 0 Å². The van der Waals surface area contributed by atoms with Crippen molar-refractivity contribution in [3.63, 3.8) is 0 Å². The number of aromatic hydroxyl groups is 1. The van der Waals surface area contributed by atoms with Crippen molar-refractivity contribution >= 4 is 45.6 Å². The van der Waals surface area contributed by atoms with E-state index in [0.717, 1.165) is 12.1 Å². The monoisotopic (exact) mass is 241 g/mol. The van der Waals surface area contributed by atoms with E-state index in [0.29, 0.717) is 6.07 Å². The van der Waals surface area contributed by atoms with Gasteiger partial charge >= 0.3 is 5.97 Å². The zero-order chi connectivity index (χ0) is 10.9. The Morgan fingerprint density at radius 1 is 1.27 bits per heavy atom. The number of benzene rings is 1. The smallest absolute Gasteiger partial charge is 0.339 e. The minimum atomic E-state index is -4.45. The van der Waals surface area contributed by atoms with Gasteiger partial charge in [-0.05, 0) is 18.2 Å². The quantitative estimate of drug-likeness (QED) is 0.494. The summed E-state index contributed by atoms with van der Waals surface area (Å²) in [5.41, 5.74) is -0.583. The Bertz CT molecular complexity index is 480. The van der Waals surface area contributed by atoms with Crippen molar-refractivity contribution in [1.82, 2.24) is 0 Å². The fraction of sp³-hybridized carbons (Fsp3) is 0. The van der Waals surface area contributed by atoms with Crippen LogP contribution in [-0.4, -0.2) is 58.7 Å². The number of aromatic carboxylic acids is 1. The molecule has 0 atom stereocenters. The zero-order valence-corrected chi connectivity index (χ0v) is 10.5. The van der Waals surface area contributed by atoms with Crippen molar-refractivity contribution in [3.8, 4) is 5.75 Å². The van der Waals surface area contributed by atoms with Crippen LogP contribution >= 0.6 is 0 Å². The third-order valence-corrected chi connectivity index (χ3v) is 2.35. The Balaban J connectivity index is 0.00000196. The summed E-state index contributed by atoms with van der Waals surface area (Å²) in [6, 6.07) is 2.46. The summed E-state index contributed by atoms with van der Waals surface area (Å²) in [5.74, 6) is -2.04. The molecule has 15 heavy (non-hydrogen) atoms. The molecule has 8 heteroatoms. The van der Waals surface area contributed by atoms with Gasteiger partial charge in [-0.2, -0.15) is 8.42 Å². The standard InChI is InChI=1S/C7H6O6S.Na/c8-6-2-1-4(14(11,12)13)3-5(6)7(9)10;/h1-3,8H,(H,9,10)(H,11,12,13);. The van der Waals surface area contributed by atoms with Crippen molar-refractivity contribution in [3.05, 3.63) is 23.8 Å². The molecule has 0 fully saturated rings. The largest absolute Gasteiger partial charge is 0.507 e. The molecule has 1 rings (SSSR count). The van der Waals surface area contributed by atoms with Gasteiger partial charge in [0.1, 0.15) is 11.3 Å². The molecule has 0 bridgehead atoms. The van der Waals surface area contributed by atoms with E-state index in [1.807, 2.05) is 0 Å². The minimum Gasteiger partial charge on any atom is -0.507 e. The summed E-state index contributed by atoms with van der Waals surface area (Å²) >= 11 is 0. The second-order valence-corrected chi connectivity index (χ2v) is 3.88. The molecule has 0 aliphatic heterocycles. The molecule has 0 amide bonds. The van der Waals surface area contributed by atoms with Gasteiger partial charge in [0.15, 0.2) is 0 Å². The zero-order valence-electron chi connectivity index (χ0n) is 7.71. The molecule has 1 radical (unpaired) electrons. The summed E-state index contributed by atoms with van der Waals surface area (Å²) in [6.07, 6.45) is 0.